The highest BCUT2D eigenvalue weighted by atomic mass is 19.4. The summed E-state index contributed by atoms with van der Waals surface area (Å²) in [6.07, 6.45) is -4.51. The van der Waals surface area contributed by atoms with Crippen LogP contribution in [0, 0.1) is 0 Å². The van der Waals surface area contributed by atoms with E-state index < -0.39 is 11.7 Å². The molecule has 0 aliphatic rings. The first kappa shape index (κ1) is 14.0. The van der Waals surface area contributed by atoms with Gasteiger partial charge in [0.25, 0.3) is 0 Å². The highest BCUT2D eigenvalue weighted by Gasteiger charge is 2.34. The molecule has 106 valence electrons. The number of nitrogens with two attached hydrogens (primary N) is 1. The number of rotatable bonds is 3. The number of methoxy groups -OCH3 is 1. The van der Waals surface area contributed by atoms with Gasteiger partial charge >= 0.3 is 6.18 Å². The van der Waals surface area contributed by atoms with E-state index in [4.69, 9.17) is 15.2 Å². The fraction of sp³-hybridized carbons (Fsp3) is 0.154. The monoisotopic (exact) mass is 284 g/mol. The van der Waals surface area contributed by atoms with Gasteiger partial charge in [-0.05, 0) is 18.2 Å². The van der Waals surface area contributed by atoms with Gasteiger partial charge in [0, 0.05) is 6.07 Å². The van der Waals surface area contributed by atoms with Crippen LogP contribution in [0.25, 0.3) is 0 Å². The summed E-state index contributed by atoms with van der Waals surface area (Å²) in [6, 6.07) is 7.69. The van der Waals surface area contributed by atoms with Gasteiger partial charge in [-0.1, -0.05) is 12.1 Å². The van der Waals surface area contributed by atoms with Gasteiger partial charge in [0.1, 0.15) is 5.75 Å². The van der Waals surface area contributed by atoms with Crippen LogP contribution < -0.4 is 15.2 Å². The van der Waals surface area contributed by atoms with Crippen LogP contribution in [0.5, 0.6) is 17.5 Å². The lowest BCUT2D eigenvalue weighted by Gasteiger charge is -2.13. The van der Waals surface area contributed by atoms with E-state index in [0.29, 0.717) is 0 Å². The number of hydrogen-bond donors (Lipinski definition) is 1. The highest BCUT2D eigenvalue weighted by molar-refractivity contribution is 5.50. The Labute approximate surface area is 113 Å². The van der Waals surface area contributed by atoms with E-state index in [2.05, 4.69) is 4.98 Å². The molecule has 2 rings (SSSR count). The van der Waals surface area contributed by atoms with Crippen LogP contribution in [-0.4, -0.2) is 12.1 Å². The molecule has 0 radical (unpaired) electrons. The van der Waals surface area contributed by atoms with Crippen molar-refractivity contribution in [1.29, 1.82) is 0 Å². The molecule has 0 amide bonds. The highest BCUT2D eigenvalue weighted by Crippen LogP contribution is 2.38. The zero-order chi connectivity index (χ0) is 14.8. The molecule has 2 N–H and O–H groups in total. The van der Waals surface area contributed by atoms with Gasteiger partial charge < -0.3 is 15.2 Å². The summed E-state index contributed by atoms with van der Waals surface area (Å²) < 4.78 is 48.5. The van der Waals surface area contributed by atoms with Crippen LogP contribution in [0.3, 0.4) is 0 Å². The van der Waals surface area contributed by atoms with E-state index >= 15 is 0 Å². The summed E-state index contributed by atoms with van der Waals surface area (Å²) in [7, 11) is 1.35. The van der Waals surface area contributed by atoms with E-state index in [1.54, 1.807) is 0 Å². The number of nitrogen functional groups attached to an aromatic ring is 1. The molecule has 1 heterocycles. The minimum absolute atomic E-state index is 0.0345. The summed E-state index contributed by atoms with van der Waals surface area (Å²) >= 11 is 0. The molecule has 7 heteroatoms. The fourth-order valence-electron chi connectivity index (χ4n) is 1.56. The Balaban J connectivity index is 2.36. The Kier molecular flexibility index (Phi) is 3.69. The predicted octanol–water partition coefficient (Wildman–Crippen LogP) is 3.48. The molecule has 0 saturated heterocycles. The normalized spacial score (nSPS) is 11.2. The van der Waals surface area contributed by atoms with Crippen LogP contribution in [0.2, 0.25) is 0 Å². The molecule has 0 fully saturated rings. The molecule has 0 saturated carbocycles. The molecule has 0 unspecified atom stereocenters. The predicted molar refractivity (Wildman–Crippen MR) is 66.7 cm³/mol. The van der Waals surface area contributed by atoms with Crippen LogP contribution in [0.4, 0.5) is 18.9 Å². The number of para-hydroxylation sites is 1. The second-order valence-electron chi connectivity index (χ2n) is 3.84. The molecular weight excluding hydrogens is 273 g/mol. The number of pyridine rings is 1. The van der Waals surface area contributed by atoms with Gasteiger partial charge in [-0.3, -0.25) is 0 Å². The summed E-state index contributed by atoms with van der Waals surface area (Å²) in [5, 5.41) is 0. The molecule has 2 aromatic rings. The Morgan fingerprint density at radius 3 is 2.45 bits per heavy atom. The molecule has 0 aliphatic carbocycles. The molecule has 0 bridgehead atoms. The molecule has 0 aliphatic heterocycles. The van der Waals surface area contributed by atoms with Crippen molar-refractivity contribution in [1.82, 2.24) is 4.98 Å². The van der Waals surface area contributed by atoms with Crippen molar-refractivity contribution in [3.05, 3.63) is 42.0 Å². The van der Waals surface area contributed by atoms with Crippen LogP contribution >= 0.6 is 0 Å². The SMILES string of the molecule is COc1nc(Oc2ccccc2C(F)(F)F)ccc1N. The van der Waals surface area contributed by atoms with Gasteiger partial charge in [0.15, 0.2) is 0 Å². The number of halogens is 3. The third-order valence-corrected chi connectivity index (χ3v) is 2.46. The van der Waals surface area contributed by atoms with Crippen LogP contribution in [-0.2, 0) is 6.18 Å². The minimum atomic E-state index is -4.51. The van der Waals surface area contributed by atoms with Crippen LogP contribution in [0.15, 0.2) is 36.4 Å². The van der Waals surface area contributed by atoms with Crippen molar-refractivity contribution in [2.24, 2.45) is 0 Å². The summed E-state index contributed by atoms with van der Waals surface area (Å²) in [5.74, 6) is -0.279. The first-order valence-electron chi connectivity index (χ1n) is 5.56. The van der Waals surface area contributed by atoms with E-state index in [9.17, 15) is 13.2 Å². The maximum atomic E-state index is 12.8. The summed E-state index contributed by atoms with van der Waals surface area (Å²) in [4.78, 5) is 3.87. The van der Waals surface area contributed by atoms with Gasteiger partial charge in [0.2, 0.25) is 11.8 Å². The Morgan fingerprint density at radius 1 is 1.10 bits per heavy atom. The zero-order valence-corrected chi connectivity index (χ0v) is 10.4. The minimum Gasteiger partial charge on any atom is -0.479 e. The summed E-state index contributed by atoms with van der Waals surface area (Å²) in [5.41, 5.74) is 4.96. The average molecular weight is 284 g/mol. The Bertz CT molecular complexity index is 615. The van der Waals surface area contributed by atoms with Gasteiger partial charge in [-0.15, -0.1) is 0 Å². The van der Waals surface area contributed by atoms with E-state index in [0.717, 1.165) is 6.07 Å². The zero-order valence-electron chi connectivity index (χ0n) is 10.4. The smallest absolute Gasteiger partial charge is 0.419 e. The fourth-order valence-corrected chi connectivity index (χ4v) is 1.56. The Morgan fingerprint density at radius 2 is 1.80 bits per heavy atom. The maximum Gasteiger partial charge on any atom is 0.419 e. The maximum absolute atomic E-state index is 12.8. The number of alkyl halides is 3. The topological polar surface area (TPSA) is 57.4 Å². The quantitative estimate of drug-likeness (QED) is 0.937. The van der Waals surface area contributed by atoms with Gasteiger partial charge in [-0.2, -0.15) is 18.2 Å². The third-order valence-electron chi connectivity index (χ3n) is 2.46. The molecular formula is C13H11F3N2O2. The summed E-state index contributed by atoms with van der Waals surface area (Å²) in [6.45, 7) is 0. The number of benzene rings is 1. The van der Waals surface area contributed by atoms with Gasteiger partial charge in [0.05, 0.1) is 18.4 Å². The van der Waals surface area contributed by atoms with Crippen molar-refractivity contribution < 1.29 is 22.6 Å². The largest absolute Gasteiger partial charge is 0.479 e. The van der Waals surface area contributed by atoms with Crippen molar-refractivity contribution in [3.8, 4) is 17.5 Å². The lowest BCUT2D eigenvalue weighted by Crippen LogP contribution is -2.07. The van der Waals surface area contributed by atoms with E-state index in [-0.39, 0.29) is 23.2 Å². The average Bonchev–Trinajstić information content (AvgIpc) is 2.40. The van der Waals surface area contributed by atoms with Crippen molar-refractivity contribution in [2.75, 3.05) is 12.8 Å². The van der Waals surface area contributed by atoms with E-state index in [1.165, 1.54) is 37.4 Å². The first-order chi connectivity index (χ1) is 9.41. The molecule has 1 aromatic carbocycles. The van der Waals surface area contributed by atoms with Crippen molar-refractivity contribution in [2.45, 2.75) is 6.18 Å². The lowest BCUT2D eigenvalue weighted by molar-refractivity contribution is -0.138. The second kappa shape index (κ2) is 5.28. The molecule has 4 nitrogen and oxygen atoms in total. The Hall–Kier alpha value is -2.44. The standard InChI is InChI=1S/C13H11F3N2O2/c1-19-12-9(17)6-7-11(18-12)20-10-5-3-2-4-8(10)13(14,15)16/h2-7H,17H2,1H3. The van der Waals surface area contributed by atoms with Crippen molar-refractivity contribution >= 4 is 5.69 Å². The molecule has 0 spiro atoms. The second-order valence-corrected chi connectivity index (χ2v) is 3.84. The number of ether oxygens (including phenoxy) is 2. The lowest BCUT2D eigenvalue weighted by atomic mass is 10.2. The molecule has 1 aromatic heterocycles. The molecule has 0 atom stereocenters. The first-order valence-corrected chi connectivity index (χ1v) is 5.56. The van der Waals surface area contributed by atoms with E-state index in [1.807, 2.05) is 0 Å². The number of nitrogens with zero attached hydrogens (tertiary/aromatic N) is 1. The van der Waals surface area contributed by atoms with Crippen LogP contribution in [0.1, 0.15) is 5.56 Å². The third kappa shape index (κ3) is 2.93. The van der Waals surface area contributed by atoms with Gasteiger partial charge in [-0.25, -0.2) is 0 Å². The number of hydrogen-bond acceptors (Lipinski definition) is 4. The number of anilines is 1. The van der Waals surface area contributed by atoms with Crippen molar-refractivity contribution in [3.63, 3.8) is 0 Å². The molecule has 20 heavy (non-hydrogen) atoms. The number of aromatic nitrogens is 1.